The zero-order valence-corrected chi connectivity index (χ0v) is 14.2. The number of aryl methyl sites for hydroxylation is 1. The van der Waals surface area contributed by atoms with Crippen molar-refractivity contribution in [3.8, 4) is 5.75 Å². The molecule has 0 unspecified atom stereocenters. The minimum absolute atomic E-state index is 0.0304. The number of pyridine rings is 1. The first-order valence-corrected chi connectivity index (χ1v) is 8.27. The molecule has 0 saturated carbocycles. The Kier molecular flexibility index (Phi) is 4.99. The number of carbonyl (C=O) groups excluding carboxylic acids is 1. The number of amides is 1. The van der Waals surface area contributed by atoms with Crippen LogP contribution in [0.5, 0.6) is 5.75 Å². The number of ether oxygens (including phenoxy) is 1. The fourth-order valence-corrected chi connectivity index (χ4v) is 3.03. The van der Waals surface area contributed by atoms with E-state index in [1.165, 1.54) is 0 Å². The largest absolute Gasteiger partial charge is 0.484 e. The monoisotopic (exact) mass is 325 g/mol. The van der Waals surface area contributed by atoms with E-state index in [9.17, 15) is 4.79 Å². The van der Waals surface area contributed by atoms with Crippen LogP contribution >= 0.6 is 0 Å². The molecule has 1 aliphatic rings. The van der Waals surface area contributed by atoms with Crippen LogP contribution in [-0.4, -0.2) is 42.5 Å². The predicted octanol–water partition coefficient (Wildman–Crippen LogP) is 2.83. The van der Waals surface area contributed by atoms with Gasteiger partial charge in [-0.3, -0.25) is 9.78 Å². The van der Waals surface area contributed by atoms with E-state index in [-0.39, 0.29) is 18.4 Å². The number of aromatic nitrogens is 1. The number of anilines is 1. The maximum Gasteiger partial charge on any atom is 0.260 e. The number of para-hydroxylation sites is 1. The van der Waals surface area contributed by atoms with Gasteiger partial charge < -0.3 is 15.0 Å². The lowest BCUT2D eigenvalue weighted by molar-refractivity contribution is -0.132. The van der Waals surface area contributed by atoms with E-state index in [2.05, 4.69) is 16.4 Å². The van der Waals surface area contributed by atoms with Crippen molar-refractivity contribution >= 4 is 11.6 Å². The van der Waals surface area contributed by atoms with Crippen molar-refractivity contribution in [2.45, 2.75) is 19.3 Å². The van der Waals surface area contributed by atoms with Crippen molar-refractivity contribution in [3.63, 3.8) is 0 Å². The van der Waals surface area contributed by atoms with E-state index in [0.29, 0.717) is 6.54 Å². The molecule has 126 valence electrons. The molecule has 24 heavy (non-hydrogen) atoms. The van der Waals surface area contributed by atoms with Crippen molar-refractivity contribution in [1.29, 1.82) is 0 Å². The summed E-state index contributed by atoms with van der Waals surface area (Å²) < 4.78 is 5.56. The minimum atomic E-state index is 0.0304. The Bertz CT molecular complexity index is 703. The first-order valence-electron chi connectivity index (χ1n) is 8.27. The highest BCUT2D eigenvalue weighted by Gasteiger charge is 2.28. The molecule has 3 rings (SSSR count). The van der Waals surface area contributed by atoms with Crippen LogP contribution < -0.4 is 10.1 Å². The fourth-order valence-electron chi connectivity index (χ4n) is 3.03. The second-order valence-corrected chi connectivity index (χ2v) is 6.10. The second-order valence-electron chi connectivity index (χ2n) is 6.10. The van der Waals surface area contributed by atoms with Crippen molar-refractivity contribution in [2.75, 3.05) is 32.1 Å². The van der Waals surface area contributed by atoms with Crippen molar-refractivity contribution in [1.82, 2.24) is 9.88 Å². The van der Waals surface area contributed by atoms with Gasteiger partial charge in [0.15, 0.2) is 6.61 Å². The van der Waals surface area contributed by atoms with Gasteiger partial charge in [-0.1, -0.05) is 18.2 Å². The van der Waals surface area contributed by atoms with Gasteiger partial charge in [0.1, 0.15) is 5.75 Å². The highest BCUT2D eigenvalue weighted by atomic mass is 16.5. The molecule has 1 aromatic carbocycles. The number of likely N-dealkylation sites (tertiary alicyclic amines) is 1. The third-order valence-corrected chi connectivity index (χ3v) is 4.33. The van der Waals surface area contributed by atoms with E-state index in [1.54, 1.807) is 0 Å². The van der Waals surface area contributed by atoms with Gasteiger partial charge in [-0.05, 0) is 37.6 Å². The zero-order valence-electron chi connectivity index (χ0n) is 14.2. The van der Waals surface area contributed by atoms with Gasteiger partial charge in [0.2, 0.25) is 0 Å². The standard InChI is InChI=1S/C19H23N3O2/c1-14-10-16(20-2)11-18(21-14)15-8-9-22(12-15)19(23)13-24-17-6-4-3-5-7-17/h3-7,10-11,15H,8-9,12-13H2,1-2H3,(H,20,21)/t15-/m1/s1. The van der Waals surface area contributed by atoms with Crippen LogP contribution in [0.4, 0.5) is 5.69 Å². The summed E-state index contributed by atoms with van der Waals surface area (Å²) in [5.41, 5.74) is 3.11. The van der Waals surface area contributed by atoms with Crippen LogP contribution in [-0.2, 0) is 4.79 Å². The van der Waals surface area contributed by atoms with Gasteiger partial charge >= 0.3 is 0 Å². The molecular formula is C19H23N3O2. The topological polar surface area (TPSA) is 54.5 Å². The minimum Gasteiger partial charge on any atom is -0.484 e. The Labute approximate surface area is 142 Å². The first-order chi connectivity index (χ1) is 11.7. The Morgan fingerprint density at radius 3 is 2.88 bits per heavy atom. The van der Waals surface area contributed by atoms with Crippen LogP contribution in [0.25, 0.3) is 0 Å². The van der Waals surface area contributed by atoms with Crippen LogP contribution in [0.2, 0.25) is 0 Å². The van der Waals surface area contributed by atoms with Crippen molar-refractivity contribution < 1.29 is 9.53 Å². The maximum atomic E-state index is 12.4. The highest BCUT2D eigenvalue weighted by molar-refractivity contribution is 5.78. The van der Waals surface area contributed by atoms with Gasteiger partial charge in [-0.25, -0.2) is 0 Å². The number of hydrogen-bond acceptors (Lipinski definition) is 4. The Balaban J connectivity index is 1.58. The lowest BCUT2D eigenvalue weighted by atomic mass is 10.0. The van der Waals surface area contributed by atoms with Gasteiger partial charge in [0, 0.05) is 43.1 Å². The Morgan fingerprint density at radius 1 is 1.33 bits per heavy atom. The molecule has 0 aliphatic carbocycles. The number of carbonyl (C=O) groups is 1. The average molecular weight is 325 g/mol. The lowest BCUT2D eigenvalue weighted by Crippen LogP contribution is -2.32. The number of nitrogens with zero attached hydrogens (tertiary/aromatic N) is 2. The third-order valence-electron chi connectivity index (χ3n) is 4.33. The van der Waals surface area contributed by atoms with E-state index in [1.807, 2.05) is 55.3 Å². The fraction of sp³-hybridized carbons (Fsp3) is 0.368. The predicted molar refractivity (Wildman–Crippen MR) is 94.4 cm³/mol. The van der Waals surface area contributed by atoms with Crippen LogP contribution in [0.15, 0.2) is 42.5 Å². The van der Waals surface area contributed by atoms with E-state index < -0.39 is 0 Å². The number of rotatable bonds is 5. The summed E-state index contributed by atoms with van der Waals surface area (Å²) >= 11 is 0. The van der Waals surface area contributed by atoms with Crippen LogP contribution in [0.1, 0.15) is 23.7 Å². The van der Waals surface area contributed by atoms with Gasteiger partial charge in [0.25, 0.3) is 5.91 Å². The molecule has 1 N–H and O–H groups in total. The molecule has 1 atom stereocenters. The quantitative estimate of drug-likeness (QED) is 0.918. The molecule has 1 saturated heterocycles. The second kappa shape index (κ2) is 7.34. The molecule has 1 aliphatic heterocycles. The number of nitrogens with one attached hydrogen (secondary N) is 1. The zero-order chi connectivity index (χ0) is 16.9. The van der Waals surface area contributed by atoms with E-state index in [0.717, 1.165) is 35.8 Å². The van der Waals surface area contributed by atoms with Gasteiger partial charge in [-0.2, -0.15) is 0 Å². The summed E-state index contributed by atoms with van der Waals surface area (Å²) in [5.74, 6) is 1.04. The molecule has 1 aromatic heterocycles. The molecule has 0 bridgehead atoms. The number of hydrogen-bond donors (Lipinski definition) is 1. The SMILES string of the molecule is CNc1cc(C)nc([C@@H]2CCN(C(=O)COc3ccccc3)C2)c1. The van der Waals surface area contributed by atoms with E-state index >= 15 is 0 Å². The average Bonchev–Trinajstić information content (AvgIpc) is 3.10. The van der Waals surface area contributed by atoms with Gasteiger partial charge in [0.05, 0.1) is 0 Å². The molecule has 1 amide bonds. The highest BCUT2D eigenvalue weighted by Crippen LogP contribution is 2.28. The lowest BCUT2D eigenvalue weighted by Gasteiger charge is -2.17. The van der Waals surface area contributed by atoms with E-state index in [4.69, 9.17) is 4.74 Å². The van der Waals surface area contributed by atoms with Crippen LogP contribution in [0, 0.1) is 6.92 Å². The molecule has 2 heterocycles. The summed E-state index contributed by atoms with van der Waals surface area (Å²) in [5, 5.41) is 3.16. The Hall–Kier alpha value is -2.56. The smallest absolute Gasteiger partial charge is 0.260 e. The van der Waals surface area contributed by atoms with Gasteiger partial charge in [-0.15, -0.1) is 0 Å². The van der Waals surface area contributed by atoms with Crippen LogP contribution in [0.3, 0.4) is 0 Å². The molecule has 2 aromatic rings. The molecule has 1 fully saturated rings. The summed E-state index contributed by atoms with van der Waals surface area (Å²) in [6, 6.07) is 13.5. The normalized spacial score (nSPS) is 16.9. The molecule has 5 nitrogen and oxygen atoms in total. The first kappa shape index (κ1) is 16.3. The summed E-state index contributed by atoms with van der Waals surface area (Å²) in [7, 11) is 1.91. The summed E-state index contributed by atoms with van der Waals surface area (Å²) in [4.78, 5) is 18.9. The summed E-state index contributed by atoms with van der Waals surface area (Å²) in [6.07, 6.45) is 0.941. The molecule has 5 heteroatoms. The Morgan fingerprint density at radius 2 is 2.12 bits per heavy atom. The maximum absolute atomic E-state index is 12.4. The molecular weight excluding hydrogens is 302 g/mol. The van der Waals surface area contributed by atoms with Crippen molar-refractivity contribution in [3.05, 3.63) is 53.9 Å². The third kappa shape index (κ3) is 3.85. The molecule has 0 radical (unpaired) electrons. The number of benzene rings is 1. The summed E-state index contributed by atoms with van der Waals surface area (Å²) in [6.45, 7) is 3.54. The molecule has 0 spiro atoms. The van der Waals surface area contributed by atoms with Crippen molar-refractivity contribution in [2.24, 2.45) is 0 Å².